The summed E-state index contributed by atoms with van der Waals surface area (Å²) in [5.41, 5.74) is -0.602. The van der Waals surface area contributed by atoms with Crippen molar-refractivity contribution in [1.29, 1.82) is 0 Å². The summed E-state index contributed by atoms with van der Waals surface area (Å²) in [6.45, 7) is 1.11. The molecule has 0 radical (unpaired) electrons. The van der Waals surface area contributed by atoms with E-state index in [1.165, 1.54) is 16.4 Å². The van der Waals surface area contributed by atoms with E-state index in [1.807, 2.05) is 17.8 Å². The molecule has 0 spiro atoms. The second-order valence-corrected chi connectivity index (χ2v) is 6.55. The van der Waals surface area contributed by atoms with Gasteiger partial charge < -0.3 is 9.67 Å². The van der Waals surface area contributed by atoms with E-state index in [2.05, 4.69) is 27.8 Å². The second-order valence-electron chi connectivity index (χ2n) is 5.49. The maximum atomic E-state index is 10.4. The smallest absolute Gasteiger partial charge is 0.324 e. The van der Waals surface area contributed by atoms with Crippen molar-refractivity contribution in [2.75, 3.05) is 5.75 Å². The number of hydrogen-bond acceptors (Lipinski definition) is 9. The molecule has 12 nitrogen and oxygen atoms in total. The fourth-order valence-electron chi connectivity index (χ4n) is 2.58. The van der Waals surface area contributed by atoms with E-state index >= 15 is 0 Å². The average molecular weight is 405 g/mol. The van der Waals surface area contributed by atoms with Crippen molar-refractivity contribution in [2.24, 2.45) is 0 Å². The summed E-state index contributed by atoms with van der Waals surface area (Å²) in [6.07, 6.45) is 0. The van der Waals surface area contributed by atoms with E-state index < -0.39 is 37.6 Å². The molecule has 4 rings (SSSR count). The summed E-state index contributed by atoms with van der Waals surface area (Å²) in [7, 11) is 0. The predicted molar refractivity (Wildman–Crippen MR) is 98.5 cm³/mol. The third kappa shape index (κ3) is 3.55. The zero-order valence-corrected chi connectivity index (χ0v) is 14.7. The third-order valence-electron chi connectivity index (χ3n) is 3.82. The van der Waals surface area contributed by atoms with Gasteiger partial charge in [-0.25, -0.2) is 4.98 Å². The number of nitro groups is 3. The Hall–Kier alpha value is -3.74. The maximum absolute atomic E-state index is 10.4. The van der Waals surface area contributed by atoms with Crippen LogP contribution in [0.1, 0.15) is 0 Å². The topological polar surface area (TPSA) is 167 Å². The zero-order chi connectivity index (χ0) is 20.4. The van der Waals surface area contributed by atoms with Crippen LogP contribution in [-0.2, 0) is 6.54 Å². The first-order valence-electron chi connectivity index (χ1n) is 7.68. The van der Waals surface area contributed by atoms with Crippen LogP contribution in [0.15, 0.2) is 41.6 Å². The minimum atomic E-state index is -1.21. The van der Waals surface area contributed by atoms with Gasteiger partial charge >= 0.3 is 11.4 Å². The largest absolute Gasteiger partial charge is 0.497 e. The molecule has 0 amide bonds. The van der Waals surface area contributed by atoms with Gasteiger partial charge in [0.25, 0.3) is 11.4 Å². The molecular formula is C15H11N5O7S. The number of aromatic hydroxyl groups is 1. The molecule has 13 heteroatoms. The van der Waals surface area contributed by atoms with E-state index in [9.17, 15) is 30.3 Å². The molecule has 1 N–H and O–H groups in total. The van der Waals surface area contributed by atoms with Gasteiger partial charge in [0.15, 0.2) is 5.16 Å². The van der Waals surface area contributed by atoms with Crippen LogP contribution in [0.4, 0.5) is 17.1 Å². The number of hydrogen-bond donors (Lipinski definition) is 1. The molecule has 0 unspecified atom stereocenters. The fraction of sp³-hybridized carbons (Fsp3) is 0.133. The van der Waals surface area contributed by atoms with Crippen LogP contribution in [0.2, 0.25) is 0 Å². The van der Waals surface area contributed by atoms with E-state index in [4.69, 9.17) is 5.11 Å². The molecule has 1 aliphatic heterocycles. The number of phenolic OH excluding ortho intramolecular Hbond substituents is 1. The Morgan fingerprint density at radius 2 is 1.61 bits per heavy atom. The van der Waals surface area contributed by atoms with Gasteiger partial charge in [-0.15, -0.1) is 0 Å². The standard InChI is InChI=1S/C9H8N2S.C6H3N3O7/c1-2-4-8-7(3-1)10-9-11(8)5-6-12-9;10-6-4(8(13)14)1-3(7(11)12)2-5(6)9(15)16/h1-4H,5-6H2;1-2,10H. The van der Waals surface area contributed by atoms with Crippen molar-refractivity contribution in [2.45, 2.75) is 11.7 Å². The van der Waals surface area contributed by atoms with Gasteiger partial charge in [-0.05, 0) is 12.1 Å². The van der Waals surface area contributed by atoms with Crippen LogP contribution < -0.4 is 0 Å². The normalized spacial score (nSPS) is 12.1. The van der Waals surface area contributed by atoms with Crippen molar-refractivity contribution >= 4 is 39.9 Å². The monoisotopic (exact) mass is 405 g/mol. The van der Waals surface area contributed by atoms with Gasteiger partial charge in [-0.3, -0.25) is 30.3 Å². The van der Waals surface area contributed by atoms with E-state index in [-0.39, 0.29) is 0 Å². The third-order valence-corrected chi connectivity index (χ3v) is 4.78. The number of rotatable bonds is 3. The lowest BCUT2D eigenvalue weighted by molar-refractivity contribution is -0.404. The average Bonchev–Trinajstić information content (AvgIpc) is 3.22. The summed E-state index contributed by atoms with van der Waals surface area (Å²) < 4.78 is 2.29. The number of fused-ring (bicyclic) bond motifs is 3. The van der Waals surface area contributed by atoms with E-state index in [1.54, 1.807) is 0 Å². The first kappa shape index (κ1) is 19.0. The molecule has 3 aromatic rings. The van der Waals surface area contributed by atoms with Crippen LogP contribution in [-0.4, -0.2) is 35.2 Å². The number of non-ortho nitro benzene ring substituents is 1. The minimum Gasteiger partial charge on any atom is -0.497 e. The molecule has 1 aromatic heterocycles. The van der Waals surface area contributed by atoms with Crippen molar-refractivity contribution in [3.63, 3.8) is 0 Å². The summed E-state index contributed by atoms with van der Waals surface area (Å²) in [4.78, 5) is 32.3. The van der Waals surface area contributed by atoms with Gasteiger partial charge in [0.2, 0.25) is 0 Å². The van der Waals surface area contributed by atoms with Crippen molar-refractivity contribution in [3.8, 4) is 5.75 Å². The molecule has 0 saturated heterocycles. The highest BCUT2D eigenvalue weighted by Crippen LogP contribution is 2.39. The first-order chi connectivity index (χ1) is 13.3. The number of imidazole rings is 1. The molecule has 0 saturated carbocycles. The van der Waals surface area contributed by atoms with Gasteiger partial charge in [-0.2, -0.15) is 0 Å². The zero-order valence-electron chi connectivity index (χ0n) is 13.9. The number of thioether (sulfide) groups is 1. The number of aromatic nitrogens is 2. The van der Waals surface area contributed by atoms with Gasteiger partial charge in [0.05, 0.1) is 37.9 Å². The molecular weight excluding hydrogens is 394 g/mol. The fourth-order valence-corrected chi connectivity index (χ4v) is 3.55. The number of phenols is 1. The molecule has 0 atom stereocenters. The number of aryl methyl sites for hydroxylation is 1. The van der Waals surface area contributed by atoms with Gasteiger partial charge in [0, 0.05) is 12.3 Å². The number of para-hydroxylation sites is 2. The van der Waals surface area contributed by atoms with Crippen molar-refractivity contribution < 1.29 is 19.9 Å². The Morgan fingerprint density at radius 1 is 1.00 bits per heavy atom. The highest BCUT2D eigenvalue weighted by Gasteiger charge is 2.30. The minimum absolute atomic E-state index is 0.447. The molecule has 2 heterocycles. The number of benzene rings is 2. The summed E-state index contributed by atoms with van der Waals surface area (Å²) in [5.74, 6) is -0.0340. The van der Waals surface area contributed by atoms with Crippen LogP contribution >= 0.6 is 11.8 Å². The Kier molecular flexibility index (Phi) is 5.08. The SMILES string of the molecule is O=[N+]([O-])c1cc([N+](=O)[O-])c(O)c([N+](=O)[O-])c1.c1ccc2c(c1)nc1n2CCS1. The van der Waals surface area contributed by atoms with Crippen molar-refractivity contribution in [1.82, 2.24) is 9.55 Å². The van der Waals surface area contributed by atoms with E-state index in [0.717, 1.165) is 12.1 Å². The predicted octanol–water partition coefficient (Wildman–Crippen LogP) is 3.26. The quantitative estimate of drug-likeness (QED) is 0.508. The molecule has 144 valence electrons. The van der Waals surface area contributed by atoms with Crippen LogP contribution in [0.5, 0.6) is 5.75 Å². The van der Waals surface area contributed by atoms with Gasteiger partial charge in [0.1, 0.15) is 0 Å². The highest BCUT2D eigenvalue weighted by atomic mass is 32.2. The van der Waals surface area contributed by atoms with Crippen LogP contribution in [0, 0.1) is 30.3 Å². The maximum Gasteiger partial charge on any atom is 0.324 e. The Labute approximate surface area is 159 Å². The second kappa shape index (κ2) is 7.48. The lowest BCUT2D eigenvalue weighted by Crippen LogP contribution is -1.97. The number of nitrogens with zero attached hydrogens (tertiary/aromatic N) is 5. The lowest BCUT2D eigenvalue weighted by atomic mass is 10.2. The Bertz CT molecular complexity index is 1080. The Balaban J connectivity index is 0.000000166. The summed E-state index contributed by atoms with van der Waals surface area (Å²) in [5, 5.41) is 41.4. The lowest BCUT2D eigenvalue weighted by Gasteiger charge is -1.97. The number of nitro benzene ring substituents is 3. The molecule has 0 fully saturated rings. The Morgan fingerprint density at radius 3 is 2.18 bits per heavy atom. The first-order valence-corrected chi connectivity index (χ1v) is 8.66. The van der Waals surface area contributed by atoms with Crippen LogP contribution in [0.25, 0.3) is 11.0 Å². The van der Waals surface area contributed by atoms with Crippen molar-refractivity contribution in [3.05, 3.63) is 66.7 Å². The summed E-state index contributed by atoms with van der Waals surface area (Å²) >= 11 is 1.85. The van der Waals surface area contributed by atoms with E-state index in [0.29, 0.717) is 12.1 Å². The highest BCUT2D eigenvalue weighted by molar-refractivity contribution is 7.99. The molecule has 0 aliphatic carbocycles. The van der Waals surface area contributed by atoms with Crippen LogP contribution in [0.3, 0.4) is 0 Å². The molecule has 28 heavy (non-hydrogen) atoms. The summed E-state index contributed by atoms with van der Waals surface area (Å²) in [6, 6.07) is 9.21. The van der Waals surface area contributed by atoms with Gasteiger partial charge in [-0.1, -0.05) is 23.9 Å². The molecule has 2 aromatic carbocycles. The molecule has 1 aliphatic rings. The molecule has 0 bridgehead atoms.